The van der Waals surface area contributed by atoms with E-state index in [-0.39, 0.29) is 11.3 Å². The van der Waals surface area contributed by atoms with Gasteiger partial charge in [0.15, 0.2) is 0 Å². The maximum atomic E-state index is 11.9. The smallest absolute Gasteiger partial charge is 0.275 e. The third kappa shape index (κ3) is 2.35. The number of amides is 1. The number of para-hydroxylation sites is 1. The van der Waals surface area contributed by atoms with Crippen LogP contribution in [0.4, 0.5) is 0 Å². The van der Waals surface area contributed by atoms with Gasteiger partial charge < -0.3 is 5.11 Å². The van der Waals surface area contributed by atoms with Gasteiger partial charge in [0.25, 0.3) is 5.91 Å². The molecule has 2 bridgehead atoms. The summed E-state index contributed by atoms with van der Waals surface area (Å²) < 4.78 is 0. The molecule has 0 heterocycles. The second-order valence-electron chi connectivity index (χ2n) is 6.46. The first-order valence-corrected chi connectivity index (χ1v) is 7.31. The van der Waals surface area contributed by atoms with Gasteiger partial charge in [-0.15, -0.1) is 0 Å². The summed E-state index contributed by atoms with van der Waals surface area (Å²) in [4.78, 5) is 11.9. The molecule has 2 N–H and O–H groups in total. The molecule has 1 saturated carbocycles. The Bertz CT molecular complexity index is 631. The molecule has 3 aliphatic rings. The molecule has 1 aromatic carbocycles. The van der Waals surface area contributed by atoms with E-state index in [1.807, 2.05) is 0 Å². The van der Waals surface area contributed by atoms with Gasteiger partial charge >= 0.3 is 0 Å². The fourth-order valence-corrected chi connectivity index (χ4v) is 3.44. The predicted molar refractivity (Wildman–Crippen MR) is 82.1 cm³/mol. The van der Waals surface area contributed by atoms with Gasteiger partial charge in [0.1, 0.15) is 5.75 Å². The Hall–Kier alpha value is -2.10. The van der Waals surface area contributed by atoms with Crippen molar-refractivity contribution in [1.29, 1.82) is 0 Å². The number of phenolic OH excluding ortho intramolecular Hbond substituents is 1. The number of fused-ring (bicyclic) bond motifs is 1. The van der Waals surface area contributed by atoms with E-state index in [1.165, 1.54) is 18.1 Å². The second kappa shape index (κ2) is 5.02. The Morgan fingerprint density at radius 2 is 2.19 bits per heavy atom. The number of allylic oxidation sites excluding steroid dienone is 2. The average molecular weight is 284 g/mol. The van der Waals surface area contributed by atoms with E-state index in [0.717, 1.165) is 12.3 Å². The lowest BCUT2D eigenvalue weighted by Gasteiger charge is -2.55. The van der Waals surface area contributed by atoms with E-state index in [0.29, 0.717) is 11.3 Å². The molecule has 0 spiro atoms. The summed E-state index contributed by atoms with van der Waals surface area (Å²) in [5, 5.41) is 13.7. The molecule has 0 aliphatic heterocycles. The number of nitrogens with one attached hydrogen (secondary N) is 1. The topological polar surface area (TPSA) is 61.7 Å². The minimum absolute atomic E-state index is 0.0370. The zero-order valence-electron chi connectivity index (χ0n) is 12.3. The summed E-state index contributed by atoms with van der Waals surface area (Å²) in [5.74, 6) is 0.897. The third-order valence-corrected chi connectivity index (χ3v) is 5.04. The maximum Gasteiger partial charge on any atom is 0.275 e. The molecule has 0 unspecified atom stereocenters. The Kier molecular flexibility index (Phi) is 3.32. The van der Waals surface area contributed by atoms with Crippen molar-refractivity contribution in [3.8, 4) is 5.75 Å². The molecular formula is C17H20N2O2. The lowest BCUT2D eigenvalue weighted by molar-refractivity contribution is -0.00126. The van der Waals surface area contributed by atoms with Crippen LogP contribution in [0.5, 0.6) is 5.75 Å². The molecule has 1 fully saturated rings. The molecule has 1 aromatic rings. The lowest BCUT2D eigenvalue weighted by Crippen LogP contribution is -2.48. The predicted octanol–water partition coefficient (Wildman–Crippen LogP) is 3.10. The zero-order chi connectivity index (χ0) is 15.0. The van der Waals surface area contributed by atoms with Crippen LogP contribution in [0.3, 0.4) is 0 Å². The summed E-state index contributed by atoms with van der Waals surface area (Å²) in [5.41, 5.74) is 4.27. The van der Waals surface area contributed by atoms with Crippen LogP contribution < -0.4 is 5.43 Å². The first kappa shape index (κ1) is 13.9. The van der Waals surface area contributed by atoms with Gasteiger partial charge in [-0.2, -0.15) is 5.10 Å². The molecule has 3 aliphatic carbocycles. The zero-order valence-corrected chi connectivity index (χ0v) is 12.3. The van der Waals surface area contributed by atoms with Gasteiger partial charge in [-0.3, -0.25) is 4.79 Å². The highest BCUT2D eigenvalue weighted by Crippen LogP contribution is 2.58. The molecular weight excluding hydrogens is 264 g/mol. The quantitative estimate of drug-likeness (QED) is 0.662. The van der Waals surface area contributed by atoms with Gasteiger partial charge in [-0.05, 0) is 47.8 Å². The van der Waals surface area contributed by atoms with Crippen LogP contribution >= 0.6 is 0 Å². The number of hydrazone groups is 1. The first-order valence-electron chi connectivity index (χ1n) is 7.31. The molecule has 2 atom stereocenters. The van der Waals surface area contributed by atoms with E-state index in [2.05, 4.69) is 30.5 Å². The fraction of sp³-hybridized carbons (Fsp3) is 0.412. The normalized spacial score (nSPS) is 26.1. The van der Waals surface area contributed by atoms with Crippen molar-refractivity contribution in [2.24, 2.45) is 22.4 Å². The Labute approximate surface area is 124 Å². The van der Waals surface area contributed by atoms with E-state index in [9.17, 15) is 9.90 Å². The highest BCUT2D eigenvalue weighted by atomic mass is 16.3. The van der Waals surface area contributed by atoms with Crippen molar-refractivity contribution in [1.82, 2.24) is 5.43 Å². The summed E-state index contributed by atoms with van der Waals surface area (Å²) in [6.07, 6.45) is 6.29. The molecule has 1 amide bonds. The molecule has 4 rings (SSSR count). The van der Waals surface area contributed by atoms with E-state index in [1.54, 1.807) is 24.4 Å². The fourth-order valence-electron chi connectivity index (χ4n) is 3.44. The van der Waals surface area contributed by atoms with Crippen molar-refractivity contribution >= 4 is 12.1 Å². The van der Waals surface area contributed by atoms with Crippen LogP contribution in [-0.4, -0.2) is 17.2 Å². The second-order valence-corrected chi connectivity index (χ2v) is 6.46. The van der Waals surface area contributed by atoms with Crippen LogP contribution in [0.2, 0.25) is 0 Å². The van der Waals surface area contributed by atoms with Gasteiger partial charge in [0.2, 0.25) is 0 Å². The number of hydrogen-bond acceptors (Lipinski definition) is 3. The van der Waals surface area contributed by atoms with Crippen molar-refractivity contribution in [3.63, 3.8) is 0 Å². The van der Waals surface area contributed by atoms with Crippen LogP contribution in [0, 0.1) is 17.3 Å². The molecule has 4 heteroatoms. The van der Waals surface area contributed by atoms with Gasteiger partial charge in [0, 0.05) is 0 Å². The number of hydrogen-bond donors (Lipinski definition) is 2. The van der Waals surface area contributed by atoms with E-state index in [4.69, 9.17) is 0 Å². The van der Waals surface area contributed by atoms with Crippen molar-refractivity contribution in [3.05, 3.63) is 41.5 Å². The van der Waals surface area contributed by atoms with Crippen molar-refractivity contribution < 1.29 is 9.90 Å². The van der Waals surface area contributed by atoms with Gasteiger partial charge in [-0.1, -0.05) is 32.1 Å². The molecule has 21 heavy (non-hydrogen) atoms. The van der Waals surface area contributed by atoms with Crippen molar-refractivity contribution in [2.75, 3.05) is 0 Å². The number of phenols is 1. The number of carbonyl (C=O) groups is 1. The summed E-state index contributed by atoms with van der Waals surface area (Å²) in [7, 11) is 0. The SMILES string of the molecule is CC1(C)[C@@H]2CC=C(/C=N\NC(=O)c3ccccc3O)[C@H]1C2. The number of benzene rings is 1. The van der Waals surface area contributed by atoms with Crippen molar-refractivity contribution in [2.45, 2.75) is 26.7 Å². The molecule has 110 valence electrons. The minimum Gasteiger partial charge on any atom is -0.507 e. The van der Waals surface area contributed by atoms with Gasteiger partial charge in [0.05, 0.1) is 11.8 Å². The number of nitrogens with zero attached hydrogens (tertiary/aromatic N) is 1. The number of carbonyl (C=O) groups excluding carboxylic acids is 1. The van der Waals surface area contributed by atoms with E-state index >= 15 is 0 Å². The number of rotatable bonds is 3. The Morgan fingerprint density at radius 3 is 2.86 bits per heavy atom. The summed E-state index contributed by atoms with van der Waals surface area (Å²) >= 11 is 0. The maximum absolute atomic E-state index is 11.9. The highest BCUT2D eigenvalue weighted by molar-refractivity contribution is 5.97. The lowest BCUT2D eigenvalue weighted by atomic mass is 9.49. The third-order valence-electron chi connectivity index (χ3n) is 5.04. The minimum atomic E-state index is -0.397. The van der Waals surface area contributed by atoms with Gasteiger partial charge in [-0.25, -0.2) is 5.43 Å². The summed E-state index contributed by atoms with van der Waals surface area (Å²) in [6.45, 7) is 4.60. The monoisotopic (exact) mass is 284 g/mol. The Morgan fingerprint density at radius 1 is 1.43 bits per heavy atom. The molecule has 0 saturated heterocycles. The largest absolute Gasteiger partial charge is 0.507 e. The van der Waals surface area contributed by atoms with Crippen LogP contribution in [0.1, 0.15) is 37.0 Å². The van der Waals surface area contributed by atoms with Crippen LogP contribution in [0.25, 0.3) is 0 Å². The standard InChI is InChI=1S/C17H20N2O2/c1-17(2)12-8-7-11(14(17)9-12)10-18-19-16(21)13-5-3-4-6-15(13)20/h3-7,10,12,14,20H,8-9H2,1-2H3,(H,19,21)/b18-10-/t12-,14-/m1/s1. The molecule has 0 radical (unpaired) electrons. The van der Waals surface area contributed by atoms with Crippen LogP contribution in [0.15, 0.2) is 41.0 Å². The van der Waals surface area contributed by atoms with E-state index < -0.39 is 5.91 Å². The molecule has 0 aromatic heterocycles. The highest BCUT2D eigenvalue weighted by Gasteiger charge is 2.50. The number of aromatic hydroxyl groups is 1. The summed E-state index contributed by atoms with van der Waals surface area (Å²) in [6, 6.07) is 6.44. The first-order chi connectivity index (χ1) is 10.00. The average Bonchev–Trinajstić information content (AvgIpc) is 2.47. The molecule has 4 nitrogen and oxygen atoms in total. The van der Waals surface area contributed by atoms with Crippen LogP contribution in [-0.2, 0) is 0 Å². The Balaban J connectivity index is 1.65.